The standard InChI is InChI=1S/C17H21NO2/c1-20-13-17(16-8-3-2-4-9-16)18-11-14-6-5-7-15(10-14)12-19/h2-10,17-19H,11-13H2,1H3. The Morgan fingerprint density at radius 1 is 1.05 bits per heavy atom. The van der Waals surface area contributed by atoms with Gasteiger partial charge in [0.15, 0.2) is 0 Å². The summed E-state index contributed by atoms with van der Waals surface area (Å²) in [5.74, 6) is 0. The van der Waals surface area contributed by atoms with Gasteiger partial charge in [0.1, 0.15) is 0 Å². The topological polar surface area (TPSA) is 41.5 Å². The summed E-state index contributed by atoms with van der Waals surface area (Å²) in [5.41, 5.74) is 3.31. The Morgan fingerprint density at radius 2 is 1.80 bits per heavy atom. The fourth-order valence-corrected chi connectivity index (χ4v) is 2.20. The Bertz CT molecular complexity index is 513. The monoisotopic (exact) mass is 271 g/mol. The summed E-state index contributed by atoms with van der Waals surface area (Å²) in [6, 6.07) is 18.4. The highest BCUT2D eigenvalue weighted by Crippen LogP contribution is 2.14. The van der Waals surface area contributed by atoms with Gasteiger partial charge in [-0.2, -0.15) is 0 Å². The summed E-state index contributed by atoms with van der Waals surface area (Å²) in [6.45, 7) is 1.45. The van der Waals surface area contributed by atoms with E-state index >= 15 is 0 Å². The van der Waals surface area contributed by atoms with Gasteiger partial charge in [0.2, 0.25) is 0 Å². The molecule has 2 aromatic rings. The first-order valence-electron chi connectivity index (χ1n) is 6.79. The zero-order valence-corrected chi connectivity index (χ0v) is 11.8. The quantitative estimate of drug-likeness (QED) is 0.813. The van der Waals surface area contributed by atoms with E-state index in [1.54, 1.807) is 7.11 Å². The number of methoxy groups -OCH3 is 1. The number of hydrogen-bond donors (Lipinski definition) is 2. The molecule has 2 aromatic carbocycles. The third-order valence-corrected chi connectivity index (χ3v) is 3.26. The first-order valence-corrected chi connectivity index (χ1v) is 6.79. The average molecular weight is 271 g/mol. The molecule has 0 aliphatic carbocycles. The average Bonchev–Trinajstić information content (AvgIpc) is 2.52. The van der Waals surface area contributed by atoms with E-state index in [9.17, 15) is 0 Å². The second-order valence-electron chi connectivity index (χ2n) is 4.78. The molecule has 3 heteroatoms. The van der Waals surface area contributed by atoms with Crippen LogP contribution < -0.4 is 5.32 Å². The third kappa shape index (κ3) is 4.17. The van der Waals surface area contributed by atoms with Crippen LogP contribution in [0.15, 0.2) is 54.6 Å². The van der Waals surface area contributed by atoms with Crippen LogP contribution in [0.1, 0.15) is 22.7 Å². The second-order valence-corrected chi connectivity index (χ2v) is 4.78. The number of nitrogens with one attached hydrogen (secondary N) is 1. The fraction of sp³-hybridized carbons (Fsp3) is 0.294. The first kappa shape index (κ1) is 14.7. The number of ether oxygens (including phenoxy) is 1. The van der Waals surface area contributed by atoms with Crippen molar-refractivity contribution >= 4 is 0 Å². The molecule has 0 aliphatic rings. The van der Waals surface area contributed by atoms with Crippen molar-refractivity contribution in [2.75, 3.05) is 13.7 Å². The smallest absolute Gasteiger partial charge is 0.0681 e. The van der Waals surface area contributed by atoms with Crippen LogP contribution in [0.4, 0.5) is 0 Å². The van der Waals surface area contributed by atoms with Crippen LogP contribution in [0.2, 0.25) is 0 Å². The molecule has 0 spiro atoms. The predicted molar refractivity (Wildman–Crippen MR) is 80.3 cm³/mol. The molecular formula is C17H21NO2. The number of rotatable bonds is 7. The molecule has 0 radical (unpaired) electrons. The van der Waals surface area contributed by atoms with E-state index in [2.05, 4.69) is 23.5 Å². The Kier molecular flexibility index (Phi) is 5.74. The maximum absolute atomic E-state index is 9.16. The minimum atomic E-state index is 0.0774. The molecule has 0 heterocycles. The van der Waals surface area contributed by atoms with Crippen molar-refractivity contribution in [3.63, 3.8) is 0 Å². The van der Waals surface area contributed by atoms with E-state index in [0.717, 1.165) is 17.7 Å². The zero-order chi connectivity index (χ0) is 14.2. The van der Waals surface area contributed by atoms with Crippen LogP contribution in [-0.2, 0) is 17.9 Å². The Balaban J connectivity index is 2.02. The third-order valence-electron chi connectivity index (χ3n) is 3.26. The van der Waals surface area contributed by atoms with Gasteiger partial charge in [-0.25, -0.2) is 0 Å². The van der Waals surface area contributed by atoms with E-state index in [-0.39, 0.29) is 12.6 Å². The Hall–Kier alpha value is -1.68. The molecule has 0 aromatic heterocycles. The van der Waals surface area contributed by atoms with Crippen LogP contribution in [0.3, 0.4) is 0 Å². The molecule has 2 N–H and O–H groups in total. The largest absolute Gasteiger partial charge is 0.392 e. The van der Waals surface area contributed by atoms with Gasteiger partial charge < -0.3 is 15.2 Å². The highest BCUT2D eigenvalue weighted by Gasteiger charge is 2.10. The summed E-state index contributed by atoms with van der Waals surface area (Å²) in [6.07, 6.45) is 0. The molecule has 0 saturated heterocycles. The summed E-state index contributed by atoms with van der Waals surface area (Å²) in [7, 11) is 1.71. The first-order chi connectivity index (χ1) is 9.83. The van der Waals surface area contributed by atoms with Gasteiger partial charge in [-0.3, -0.25) is 0 Å². The van der Waals surface area contributed by atoms with Gasteiger partial charge in [-0.15, -0.1) is 0 Å². The van der Waals surface area contributed by atoms with E-state index in [0.29, 0.717) is 6.61 Å². The molecule has 0 amide bonds. The van der Waals surface area contributed by atoms with Gasteiger partial charge in [0.25, 0.3) is 0 Å². The van der Waals surface area contributed by atoms with Crippen LogP contribution >= 0.6 is 0 Å². The lowest BCUT2D eigenvalue weighted by Crippen LogP contribution is -2.24. The van der Waals surface area contributed by atoms with Crippen molar-refractivity contribution in [3.8, 4) is 0 Å². The van der Waals surface area contributed by atoms with Gasteiger partial charge in [0.05, 0.1) is 19.3 Å². The SMILES string of the molecule is COCC(NCc1cccc(CO)c1)c1ccccc1. The van der Waals surface area contributed by atoms with Crippen molar-refractivity contribution < 1.29 is 9.84 Å². The van der Waals surface area contributed by atoms with Gasteiger partial charge in [0, 0.05) is 13.7 Å². The molecule has 2 rings (SSSR count). The fourth-order valence-electron chi connectivity index (χ4n) is 2.20. The zero-order valence-electron chi connectivity index (χ0n) is 11.8. The molecule has 0 fully saturated rings. The molecule has 106 valence electrons. The molecule has 1 unspecified atom stereocenters. The molecule has 20 heavy (non-hydrogen) atoms. The van der Waals surface area contributed by atoms with Crippen LogP contribution in [0, 0.1) is 0 Å². The minimum Gasteiger partial charge on any atom is -0.392 e. The lowest BCUT2D eigenvalue weighted by atomic mass is 10.1. The van der Waals surface area contributed by atoms with E-state index < -0.39 is 0 Å². The molecule has 1 atom stereocenters. The maximum atomic E-state index is 9.16. The lowest BCUT2D eigenvalue weighted by molar-refractivity contribution is 0.166. The van der Waals surface area contributed by atoms with E-state index in [1.807, 2.05) is 36.4 Å². The maximum Gasteiger partial charge on any atom is 0.0681 e. The van der Waals surface area contributed by atoms with Gasteiger partial charge in [-0.05, 0) is 16.7 Å². The van der Waals surface area contributed by atoms with Crippen molar-refractivity contribution in [3.05, 3.63) is 71.3 Å². The molecule has 0 aliphatic heterocycles. The van der Waals surface area contributed by atoms with Crippen molar-refractivity contribution in [1.82, 2.24) is 5.32 Å². The Labute approximate surface area is 120 Å². The summed E-state index contributed by atoms with van der Waals surface area (Å²) in [5, 5.41) is 12.7. The van der Waals surface area contributed by atoms with E-state index in [4.69, 9.17) is 9.84 Å². The second kappa shape index (κ2) is 7.80. The number of aliphatic hydroxyl groups excluding tert-OH is 1. The molecule has 0 saturated carbocycles. The van der Waals surface area contributed by atoms with Crippen LogP contribution in [0.25, 0.3) is 0 Å². The predicted octanol–water partition coefficient (Wildman–Crippen LogP) is 2.66. The molecule has 0 bridgehead atoms. The highest BCUT2D eigenvalue weighted by atomic mass is 16.5. The van der Waals surface area contributed by atoms with Crippen LogP contribution in [0.5, 0.6) is 0 Å². The summed E-state index contributed by atoms with van der Waals surface area (Å²) < 4.78 is 5.29. The van der Waals surface area contributed by atoms with E-state index in [1.165, 1.54) is 5.56 Å². The van der Waals surface area contributed by atoms with Gasteiger partial charge >= 0.3 is 0 Å². The lowest BCUT2D eigenvalue weighted by Gasteiger charge is -2.18. The number of hydrogen-bond acceptors (Lipinski definition) is 3. The van der Waals surface area contributed by atoms with Crippen molar-refractivity contribution in [1.29, 1.82) is 0 Å². The van der Waals surface area contributed by atoms with Crippen molar-refractivity contribution in [2.24, 2.45) is 0 Å². The van der Waals surface area contributed by atoms with Gasteiger partial charge in [-0.1, -0.05) is 54.6 Å². The minimum absolute atomic E-state index is 0.0774. The number of aliphatic hydroxyl groups is 1. The molecular weight excluding hydrogens is 250 g/mol. The normalized spacial score (nSPS) is 12.3. The van der Waals surface area contributed by atoms with Crippen LogP contribution in [-0.4, -0.2) is 18.8 Å². The van der Waals surface area contributed by atoms with Crippen molar-refractivity contribution in [2.45, 2.75) is 19.2 Å². The molecule has 3 nitrogen and oxygen atoms in total. The highest BCUT2D eigenvalue weighted by molar-refractivity contribution is 5.24. The summed E-state index contributed by atoms with van der Waals surface area (Å²) >= 11 is 0. The Morgan fingerprint density at radius 3 is 2.50 bits per heavy atom. The summed E-state index contributed by atoms with van der Waals surface area (Å²) in [4.78, 5) is 0. The number of benzene rings is 2.